The summed E-state index contributed by atoms with van der Waals surface area (Å²) in [5.74, 6) is -0.0926. The summed E-state index contributed by atoms with van der Waals surface area (Å²) in [4.78, 5) is 0.764. The van der Waals surface area contributed by atoms with Gasteiger partial charge in [-0.2, -0.15) is 0 Å². The maximum Gasteiger partial charge on any atom is 0.136 e. The Bertz CT molecular complexity index is 142. The van der Waals surface area contributed by atoms with Gasteiger partial charge >= 0.3 is 0 Å². The average molecular weight is 176 g/mol. The highest BCUT2D eigenvalue weighted by molar-refractivity contribution is 7.09. The van der Waals surface area contributed by atoms with Gasteiger partial charge in [-0.05, 0) is 18.4 Å². The molecule has 1 rings (SSSR count). The molecule has 0 saturated carbocycles. The Kier molecular flexibility index (Phi) is 11.6. The van der Waals surface area contributed by atoms with Crippen molar-refractivity contribution < 1.29 is 4.39 Å². The summed E-state index contributed by atoms with van der Waals surface area (Å²) in [7, 11) is 0. The van der Waals surface area contributed by atoms with Gasteiger partial charge in [0.05, 0.1) is 0 Å². The third kappa shape index (κ3) is 6.05. The van der Waals surface area contributed by atoms with E-state index in [4.69, 9.17) is 0 Å². The van der Waals surface area contributed by atoms with E-state index >= 15 is 0 Å². The van der Waals surface area contributed by atoms with Crippen molar-refractivity contribution in [3.8, 4) is 0 Å². The van der Waals surface area contributed by atoms with Crippen LogP contribution in [0, 0.1) is 12.7 Å². The quantitative estimate of drug-likeness (QED) is 0.554. The Hall–Kier alpha value is -0.370. The number of aryl methyl sites for hydroxylation is 1. The van der Waals surface area contributed by atoms with Crippen molar-refractivity contribution in [1.82, 2.24) is 0 Å². The van der Waals surface area contributed by atoms with E-state index in [9.17, 15) is 4.39 Å². The fraction of sp³-hybridized carbons (Fsp3) is 0.556. The van der Waals surface area contributed by atoms with Crippen LogP contribution in [0.1, 0.15) is 32.6 Å². The molecule has 0 amide bonds. The average Bonchev–Trinajstić information content (AvgIpc) is 2.44. The Morgan fingerprint density at radius 3 is 1.73 bits per heavy atom. The minimum absolute atomic E-state index is 0.0926. The highest BCUT2D eigenvalue weighted by atomic mass is 32.1. The molecule has 0 bridgehead atoms. The van der Waals surface area contributed by atoms with Gasteiger partial charge in [0.15, 0.2) is 0 Å². The van der Waals surface area contributed by atoms with E-state index in [0.717, 1.165) is 4.88 Å². The molecule has 0 unspecified atom stereocenters. The Labute approximate surface area is 73.1 Å². The molecule has 1 aromatic rings. The van der Waals surface area contributed by atoms with E-state index in [-0.39, 0.29) is 5.82 Å². The predicted octanol–water partition coefficient (Wildman–Crippen LogP) is 4.25. The molecule has 1 heterocycles. The van der Waals surface area contributed by atoms with Gasteiger partial charge in [0.1, 0.15) is 5.82 Å². The topological polar surface area (TPSA) is 0 Å². The van der Waals surface area contributed by atoms with Crippen LogP contribution in [0.5, 0.6) is 0 Å². The van der Waals surface area contributed by atoms with Gasteiger partial charge in [-0.15, -0.1) is 11.3 Å². The standard InChI is InChI=1S/C5H5FS.2C2H6/c1-4-5(6)2-3-7-4;2*1-2/h2-3H,1H3;2*1-2H3. The Morgan fingerprint density at radius 2 is 1.64 bits per heavy atom. The Morgan fingerprint density at radius 1 is 1.18 bits per heavy atom. The lowest BCUT2D eigenvalue weighted by molar-refractivity contribution is 0.625. The van der Waals surface area contributed by atoms with Gasteiger partial charge in [-0.25, -0.2) is 4.39 Å². The van der Waals surface area contributed by atoms with E-state index in [2.05, 4.69) is 0 Å². The summed E-state index contributed by atoms with van der Waals surface area (Å²) in [6, 6.07) is 1.47. The molecule has 0 atom stereocenters. The van der Waals surface area contributed by atoms with Crippen LogP contribution in [-0.4, -0.2) is 0 Å². The summed E-state index contributed by atoms with van der Waals surface area (Å²) in [5.41, 5.74) is 0. The molecule has 0 aliphatic heterocycles. The van der Waals surface area contributed by atoms with Crippen molar-refractivity contribution >= 4 is 11.3 Å². The van der Waals surface area contributed by atoms with E-state index < -0.39 is 0 Å². The highest BCUT2D eigenvalue weighted by Gasteiger charge is 1.92. The van der Waals surface area contributed by atoms with Crippen molar-refractivity contribution in [3.05, 3.63) is 22.1 Å². The third-order valence-corrected chi connectivity index (χ3v) is 1.62. The molecule has 0 radical (unpaired) electrons. The molecule has 0 fully saturated rings. The fourth-order valence-electron chi connectivity index (χ4n) is 0.369. The van der Waals surface area contributed by atoms with Crippen LogP contribution in [0.3, 0.4) is 0 Å². The van der Waals surface area contributed by atoms with Crippen LogP contribution in [0.25, 0.3) is 0 Å². The largest absolute Gasteiger partial charge is 0.206 e. The SMILES string of the molecule is CC.CC.Cc1sccc1F. The molecule has 0 nitrogen and oxygen atoms in total. The minimum Gasteiger partial charge on any atom is -0.206 e. The van der Waals surface area contributed by atoms with Crippen molar-refractivity contribution in [2.24, 2.45) is 0 Å². The molecule has 66 valence electrons. The highest BCUT2D eigenvalue weighted by Crippen LogP contribution is 2.11. The van der Waals surface area contributed by atoms with Crippen LogP contribution in [0.15, 0.2) is 11.4 Å². The number of hydrogen-bond donors (Lipinski definition) is 0. The molecule has 1 aromatic heterocycles. The molecule has 2 heteroatoms. The summed E-state index contributed by atoms with van der Waals surface area (Å²) < 4.78 is 12.1. The second-order valence-electron chi connectivity index (χ2n) is 1.32. The molecule has 0 aromatic carbocycles. The summed E-state index contributed by atoms with van der Waals surface area (Å²) >= 11 is 1.43. The first-order valence-corrected chi connectivity index (χ1v) is 4.88. The summed E-state index contributed by atoms with van der Waals surface area (Å²) in [6.07, 6.45) is 0. The van der Waals surface area contributed by atoms with Crippen LogP contribution >= 0.6 is 11.3 Å². The molecule has 0 aliphatic rings. The zero-order valence-electron chi connectivity index (χ0n) is 7.94. The van der Waals surface area contributed by atoms with E-state index in [1.807, 2.05) is 27.7 Å². The van der Waals surface area contributed by atoms with Gasteiger partial charge < -0.3 is 0 Å². The molecule has 0 saturated heterocycles. The second-order valence-corrected chi connectivity index (χ2v) is 2.44. The fourth-order valence-corrected chi connectivity index (χ4v) is 0.942. The van der Waals surface area contributed by atoms with E-state index in [1.54, 1.807) is 12.3 Å². The number of rotatable bonds is 0. The molecule has 0 N–H and O–H groups in total. The van der Waals surface area contributed by atoms with Gasteiger partial charge in [0.25, 0.3) is 0 Å². The first-order chi connectivity index (χ1) is 5.30. The lowest BCUT2D eigenvalue weighted by Crippen LogP contribution is -1.63. The van der Waals surface area contributed by atoms with Crippen molar-refractivity contribution in [1.29, 1.82) is 0 Å². The molecule has 0 aliphatic carbocycles. The van der Waals surface area contributed by atoms with Gasteiger partial charge in [-0.1, -0.05) is 27.7 Å². The maximum atomic E-state index is 12.1. The van der Waals surface area contributed by atoms with Gasteiger partial charge in [-0.3, -0.25) is 0 Å². The number of hydrogen-bond acceptors (Lipinski definition) is 1. The molecule has 0 spiro atoms. The maximum absolute atomic E-state index is 12.1. The van der Waals surface area contributed by atoms with Gasteiger partial charge in [0, 0.05) is 4.88 Å². The molecular weight excluding hydrogens is 159 g/mol. The lowest BCUT2D eigenvalue weighted by atomic mass is 10.5. The zero-order chi connectivity index (χ0) is 9.28. The minimum atomic E-state index is -0.0926. The van der Waals surface area contributed by atoms with Crippen molar-refractivity contribution in [2.75, 3.05) is 0 Å². The van der Waals surface area contributed by atoms with Crippen molar-refractivity contribution in [3.63, 3.8) is 0 Å². The number of thiophene rings is 1. The molecular formula is C9H17FS. The first kappa shape index (κ1) is 13.2. The van der Waals surface area contributed by atoms with E-state index in [1.165, 1.54) is 17.4 Å². The monoisotopic (exact) mass is 176 g/mol. The van der Waals surface area contributed by atoms with Crippen LogP contribution < -0.4 is 0 Å². The van der Waals surface area contributed by atoms with Crippen LogP contribution in [0.4, 0.5) is 4.39 Å². The zero-order valence-corrected chi connectivity index (χ0v) is 8.76. The predicted molar refractivity (Wildman–Crippen MR) is 51.7 cm³/mol. The normalized spacial score (nSPS) is 7.09. The third-order valence-electron chi connectivity index (χ3n) is 0.796. The summed E-state index contributed by atoms with van der Waals surface area (Å²) in [5, 5.41) is 1.74. The lowest BCUT2D eigenvalue weighted by Gasteiger charge is -1.75. The Balaban J connectivity index is 0. The first-order valence-electron chi connectivity index (χ1n) is 4.00. The van der Waals surface area contributed by atoms with Crippen molar-refractivity contribution in [2.45, 2.75) is 34.6 Å². The van der Waals surface area contributed by atoms with Crippen LogP contribution in [0.2, 0.25) is 0 Å². The second kappa shape index (κ2) is 9.63. The van der Waals surface area contributed by atoms with Crippen LogP contribution in [-0.2, 0) is 0 Å². The number of halogens is 1. The smallest absolute Gasteiger partial charge is 0.136 e. The van der Waals surface area contributed by atoms with Gasteiger partial charge in [0.2, 0.25) is 0 Å². The van der Waals surface area contributed by atoms with E-state index in [0.29, 0.717) is 0 Å². The molecule has 11 heavy (non-hydrogen) atoms. The summed E-state index contributed by atoms with van der Waals surface area (Å²) in [6.45, 7) is 9.76.